The molecule has 1 unspecified atom stereocenters. The Kier molecular flexibility index (Phi) is 8.86. The van der Waals surface area contributed by atoms with E-state index in [4.69, 9.17) is 10.5 Å². The van der Waals surface area contributed by atoms with Crippen LogP contribution in [0, 0.1) is 0 Å². The SMILES string of the molecule is NC(CS)C(=O)NCC(=O)OCC[P+](c1ccccc1)(c1ccccc1)c1ccccc1. The van der Waals surface area contributed by atoms with Crippen molar-refractivity contribution >= 4 is 47.7 Å². The van der Waals surface area contributed by atoms with Gasteiger partial charge in [0, 0.05) is 5.75 Å². The number of nitrogens with one attached hydrogen (secondary N) is 1. The van der Waals surface area contributed by atoms with Gasteiger partial charge in [0.1, 0.15) is 42.5 Å². The first-order valence-corrected chi connectivity index (χ1v) is 13.0. The monoisotopic (exact) mass is 467 g/mol. The van der Waals surface area contributed by atoms with Crippen LogP contribution in [0.15, 0.2) is 91.0 Å². The van der Waals surface area contributed by atoms with Crippen LogP contribution in [0.4, 0.5) is 0 Å². The van der Waals surface area contributed by atoms with E-state index in [9.17, 15) is 9.59 Å². The lowest BCUT2D eigenvalue weighted by Gasteiger charge is -2.27. The smallest absolute Gasteiger partial charge is 0.325 e. The fourth-order valence-electron chi connectivity index (χ4n) is 3.60. The maximum atomic E-state index is 12.3. The second-order valence-corrected chi connectivity index (χ2v) is 11.2. The molecule has 0 bridgehead atoms. The summed E-state index contributed by atoms with van der Waals surface area (Å²) in [6.45, 7) is 0.0214. The maximum Gasteiger partial charge on any atom is 0.325 e. The van der Waals surface area contributed by atoms with Crippen LogP contribution in [0.5, 0.6) is 0 Å². The van der Waals surface area contributed by atoms with Crippen LogP contribution in [-0.4, -0.2) is 43.0 Å². The van der Waals surface area contributed by atoms with Crippen molar-refractivity contribution in [3.8, 4) is 0 Å². The van der Waals surface area contributed by atoms with E-state index in [1.807, 2.05) is 54.6 Å². The summed E-state index contributed by atoms with van der Waals surface area (Å²) in [4.78, 5) is 24.0. The lowest BCUT2D eigenvalue weighted by atomic mass is 10.3. The Bertz CT molecular complexity index is 907. The van der Waals surface area contributed by atoms with Gasteiger partial charge in [-0.05, 0) is 36.4 Å². The first kappa shape index (κ1) is 24.0. The van der Waals surface area contributed by atoms with Gasteiger partial charge in [0.05, 0.1) is 6.04 Å². The molecule has 0 heterocycles. The zero-order chi connectivity index (χ0) is 22.8. The normalized spacial score (nSPS) is 12.1. The summed E-state index contributed by atoms with van der Waals surface area (Å²) in [6.07, 6.45) is 0.654. The van der Waals surface area contributed by atoms with E-state index in [2.05, 4.69) is 54.3 Å². The van der Waals surface area contributed by atoms with Gasteiger partial charge in [-0.15, -0.1) is 0 Å². The topological polar surface area (TPSA) is 81.4 Å². The van der Waals surface area contributed by atoms with Crippen LogP contribution in [0.2, 0.25) is 0 Å². The summed E-state index contributed by atoms with van der Waals surface area (Å²) in [5.74, 6) is -0.701. The molecular weight excluding hydrogens is 439 g/mol. The van der Waals surface area contributed by atoms with Gasteiger partial charge in [0.25, 0.3) is 0 Å². The van der Waals surface area contributed by atoms with Crippen molar-refractivity contribution < 1.29 is 14.3 Å². The van der Waals surface area contributed by atoms with Gasteiger partial charge in [0.15, 0.2) is 0 Å². The number of hydrogen-bond acceptors (Lipinski definition) is 5. The number of carbonyl (C=O) groups is 2. The largest absolute Gasteiger partial charge is 0.460 e. The second kappa shape index (κ2) is 11.8. The number of ether oxygens (including phenoxy) is 1. The molecule has 0 aromatic heterocycles. The van der Waals surface area contributed by atoms with Crippen LogP contribution < -0.4 is 27.0 Å². The highest BCUT2D eigenvalue weighted by atomic mass is 32.1. The highest BCUT2D eigenvalue weighted by Gasteiger charge is 2.45. The van der Waals surface area contributed by atoms with E-state index in [0.29, 0.717) is 6.16 Å². The fraction of sp³-hybridized carbons (Fsp3) is 0.200. The minimum atomic E-state index is -2.06. The quantitative estimate of drug-likeness (QED) is 0.242. The third kappa shape index (κ3) is 5.77. The predicted molar refractivity (Wildman–Crippen MR) is 136 cm³/mol. The minimum absolute atomic E-state index is 0.207. The standard InChI is InChI=1S/C25H27N2O3PS/c26-23(19-32)25(29)27-18-24(28)30-16-17-31(20-10-4-1-5-11-20,21-12-6-2-7-13-21)22-14-8-3-9-15-22/h1-15,23H,16-19,26H2,(H-,27,29,32)/p+1. The number of carbonyl (C=O) groups excluding carboxylic acids is 2. The molecule has 7 heteroatoms. The van der Waals surface area contributed by atoms with E-state index in [1.165, 1.54) is 15.9 Å². The summed E-state index contributed by atoms with van der Waals surface area (Å²) in [5.41, 5.74) is 5.62. The predicted octanol–water partition coefficient (Wildman–Crippen LogP) is 1.90. The average Bonchev–Trinajstić information content (AvgIpc) is 2.86. The molecule has 0 aliphatic carbocycles. The third-order valence-corrected chi connectivity index (χ3v) is 10.0. The highest BCUT2D eigenvalue weighted by Crippen LogP contribution is 2.54. The van der Waals surface area contributed by atoms with E-state index in [0.717, 1.165) is 0 Å². The highest BCUT2D eigenvalue weighted by molar-refractivity contribution is 7.95. The molecule has 0 aliphatic rings. The molecule has 0 saturated carbocycles. The number of hydrogen-bond donors (Lipinski definition) is 3. The van der Waals surface area contributed by atoms with E-state index >= 15 is 0 Å². The first-order chi connectivity index (χ1) is 15.6. The van der Waals surface area contributed by atoms with Crippen molar-refractivity contribution in [3.05, 3.63) is 91.0 Å². The number of nitrogens with two attached hydrogens (primary N) is 1. The summed E-state index contributed by atoms with van der Waals surface area (Å²) in [6, 6.07) is 30.4. The van der Waals surface area contributed by atoms with Crippen LogP contribution in [0.3, 0.4) is 0 Å². The average molecular weight is 468 g/mol. The van der Waals surface area contributed by atoms with Crippen LogP contribution in [0.25, 0.3) is 0 Å². The Morgan fingerprint density at radius 3 is 1.69 bits per heavy atom. The van der Waals surface area contributed by atoms with Gasteiger partial charge >= 0.3 is 5.97 Å². The Balaban J connectivity index is 1.84. The Morgan fingerprint density at radius 1 is 0.844 bits per heavy atom. The molecule has 5 nitrogen and oxygen atoms in total. The summed E-state index contributed by atoms with van der Waals surface area (Å²) < 4.78 is 5.54. The van der Waals surface area contributed by atoms with Gasteiger partial charge in [-0.1, -0.05) is 54.6 Å². The molecule has 0 saturated heterocycles. The number of amides is 1. The molecule has 0 spiro atoms. The molecular formula is C25H28N2O3PS+. The van der Waals surface area contributed by atoms with E-state index < -0.39 is 25.2 Å². The summed E-state index contributed by atoms with van der Waals surface area (Å²) in [7, 11) is -2.06. The van der Waals surface area contributed by atoms with Gasteiger partial charge in [-0.2, -0.15) is 12.6 Å². The lowest BCUT2D eigenvalue weighted by Crippen LogP contribution is -2.44. The summed E-state index contributed by atoms with van der Waals surface area (Å²) in [5, 5.41) is 6.17. The number of thiol groups is 1. The van der Waals surface area contributed by atoms with Crippen LogP contribution >= 0.6 is 19.9 Å². The molecule has 166 valence electrons. The molecule has 1 atom stereocenters. The van der Waals surface area contributed by atoms with E-state index in [1.54, 1.807) is 0 Å². The van der Waals surface area contributed by atoms with Crippen molar-refractivity contribution in [1.82, 2.24) is 5.32 Å². The third-order valence-electron chi connectivity index (χ3n) is 5.22. The first-order valence-electron chi connectivity index (χ1n) is 10.4. The molecule has 3 aromatic rings. The molecule has 32 heavy (non-hydrogen) atoms. The summed E-state index contributed by atoms with van der Waals surface area (Å²) >= 11 is 3.99. The molecule has 3 N–H and O–H groups in total. The molecule has 0 radical (unpaired) electrons. The number of esters is 1. The van der Waals surface area contributed by atoms with Crippen molar-refractivity contribution in [1.29, 1.82) is 0 Å². The number of benzene rings is 3. The molecule has 3 rings (SSSR count). The van der Waals surface area contributed by atoms with Crippen LogP contribution in [0.1, 0.15) is 0 Å². The van der Waals surface area contributed by atoms with Gasteiger partial charge in [-0.3, -0.25) is 9.59 Å². The van der Waals surface area contributed by atoms with Gasteiger partial charge in [0.2, 0.25) is 5.91 Å². The van der Waals surface area contributed by atoms with Crippen molar-refractivity contribution in [2.45, 2.75) is 6.04 Å². The minimum Gasteiger partial charge on any atom is -0.460 e. The molecule has 3 aromatic carbocycles. The van der Waals surface area contributed by atoms with Crippen LogP contribution in [-0.2, 0) is 14.3 Å². The zero-order valence-corrected chi connectivity index (χ0v) is 19.6. The molecule has 0 fully saturated rings. The lowest BCUT2D eigenvalue weighted by molar-refractivity contribution is -0.143. The molecule has 0 aliphatic heterocycles. The second-order valence-electron chi connectivity index (χ2n) is 7.27. The van der Waals surface area contributed by atoms with Crippen molar-refractivity contribution in [2.75, 3.05) is 25.1 Å². The molecule has 1 amide bonds. The Labute approximate surface area is 195 Å². The van der Waals surface area contributed by atoms with Crippen molar-refractivity contribution in [2.24, 2.45) is 5.73 Å². The fourth-order valence-corrected chi connectivity index (χ4v) is 7.85. The Hall–Kier alpha value is -2.66. The van der Waals surface area contributed by atoms with Crippen molar-refractivity contribution in [3.63, 3.8) is 0 Å². The number of rotatable bonds is 10. The Morgan fingerprint density at radius 2 is 1.28 bits per heavy atom. The van der Waals surface area contributed by atoms with E-state index in [-0.39, 0.29) is 18.9 Å². The van der Waals surface area contributed by atoms with Gasteiger partial charge in [-0.25, -0.2) is 0 Å². The maximum absolute atomic E-state index is 12.3. The van der Waals surface area contributed by atoms with Gasteiger partial charge < -0.3 is 15.8 Å². The zero-order valence-electron chi connectivity index (χ0n) is 17.8.